The molecule has 0 aliphatic carbocycles. The van der Waals surface area contributed by atoms with Crippen molar-refractivity contribution in [2.24, 2.45) is 0 Å². The zero-order chi connectivity index (χ0) is 13.7. The first-order chi connectivity index (χ1) is 8.45. The van der Waals surface area contributed by atoms with Gasteiger partial charge in [-0.2, -0.15) is 0 Å². The Morgan fingerprint density at radius 3 is 2.50 bits per heavy atom. The number of hydrogen-bond acceptors (Lipinski definition) is 4. The molecular formula is C14H16O4. The fraction of sp³-hybridized carbons (Fsp3) is 0.286. The van der Waals surface area contributed by atoms with Crippen molar-refractivity contribution in [3.8, 4) is 0 Å². The summed E-state index contributed by atoms with van der Waals surface area (Å²) in [4.78, 5) is 22.6. The van der Waals surface area contributed by atoms with Crippen LogP contribution in [0.25, 0.3) is 0 Å². The van der Waals surface area contributed by atoms with E-state index in [4.69, 9.17) is 4.74 Å². The van der Waals surface area contributed by atoms with Gasteiger partial charge in [-0.05, 0) is 12.5 Å². The number of ether oxygens (including phenoxy) is 2. The van der Waals surface area contributed by atoms with Crippen molar-refractivity contribution >= 4 is 11.9 Å². The fourth-order valence-electron chi connectivity index (χ4n) is 1.58. The Morgan fingerprint density at radius 2 is 2.00 bits per heavy atom. The summed E-state index contributed by atoms with van der Waals surface area (Å²) in [5.74, 6) is -1.07. The van der Waals surface area contributed by atoms with E-state index >= 15 is 0 Å². The molecule has 0 spiro atoms. The van der Waals surface area contributed by atoms with Crippen LogP contribution in [0.2, 0.25) is 0 Å². The first kappa shape index (κ1) is 14.0. The quantitative estimate of drug-likeness (QED) is 0.606. The van der Waals surface area contributed by atoms with E-state index in [0.717, 1.165) is 5.56 Å². The normalized spacial score (nSPS) is 11.5. The Kier molecular flexibility index (Phi) is 4.66. The van der Waals surface area contributed by atoms with E-state index in [0.29, 0.717) is 5.56 Å². The van der Waals surface area contributed by atoms with Crippen LogP contribution < -0.4 is 0 Å². The van der Waals surface area contributed by atoms with Crippen molar-refractivity contribution in [3.63, 3.8) is 0 Å². The van der Waals surface area contributed by atoms with Gasteiger partial charge in [0, 0.05) is 6.92 Å². The molecule has 1 rings (SSSR count). The summed E-state index contributed by atoms with van der Waals surface area (Å²) in [5, 5.41) is 0. The predicted molar refractivity (Wildman–Crippen MR) is 66.8 cm³/mol. The summed E-state index contributed by atoms with van der Waals surface area (Å²) in [6.07, 6.45) is -0.810. The summed E-state index contributed by atoms with van der Waals surface area (Å²) in [7, 11) is 1.26. The second-order valence-electron chi connectivity index (χ2n) is 3.92. The summed E-state index contributed by atoms with van der Waals surface area (Å²) >= 11 is 0. The van der Waals surface area contributed by atoms with Crippen molar-refractivity contribution in [1.82, 2.24) is 0 Å². The minimum Gasteiger partial charge on any atom is -0.466 e. The lowest BCUT2D eigenvalue weighted by Gasteiger charge is -2.18. The number of methoxy groups -OCH3 is 1. The summed E-state index contributed by atoms with van der Waals surface area (Å²) in [6.45, 7) is 6.83. The molecule has 1 aromatic carbocycles. The van der Waals surface area contributed by atoms with Crippen molar-refractivity contribution in [1.29, 1.82) is 0 Å². The van der Waals surface area contributed by atoms with Gasteiger partial charge in [0.2, 0.25) is 0 Å². The molecule has 0 radical (unpaired) electrons. The highest BCUT2D eigenvalue weighted by atomic mass is 16.6. The van der Waals surface area contributed by atoms with Gasteiger partial charge in [-0.15, -0.1) is 0 Å². The molecule has 1 atom stereocenters. The van der Waals surface area contributed by atoms with E-state index in [2.05, 4.69) is 11.3 Å². The molecule has 18 heavy (non-hydrogen) atoms. The molecule has 0 N–H and O–H groups in total. The second kappa shape index (κ2) is 6.00. The third-order valence-corrected chi connectivity index (χ3v) is 2.39. The Morgan fingerprint density at radius 1 is 1.33 bits per heavy atom. The topological polar surface area (TPSA) is 52.6 Å². The Hall–Kier alpha value is -2.10. The molecule has 96 valence electrons. The number of aryl methyl sites for hydroxylation is 1. The minimum atomic E-state index is -0.810. The highest BCUT2D eigenvalue weighted by Gasteiger charge is 2.24. The van der Waals surface area contributed by atoms with Crippen LogP contribution in [-0.2, 0) is 19.1 Å². The molecule has 0 saturated heterocycles. The van der Waals surface area contributed by atoms with Gasteiger partial charge in [0.25, 0.3) is 0 Å². The fourth-order valence-corrected chi connectivity index (χ4v) is 1.58. The van der Waals surface area contributed by atoms with E-state index in [1.54, 1.807) is 6.07 Å². The maximum absolute atomic E-state index is 11.5. The highest BCUT2D eigenvalue weighted by molar-refractivity contribution is 5.89. The maximum atomic E-state index is 11.5. The smallest absolute Gasteiger partial charge is 0.337 e. The number of carbonyl (C=O) groups excluding carboxylic acids is 2. The van der Waals surface area contributed by atoms with Gasteiger partial charge in [-0.3, -0.25) is 4.79 Å². The minimum absolute atomic E-state index is 0.0956. The Labute approximate surface area is 106 Å². The molecule has 0 fully saturated rings. The van der Waals surface area contributed by atoms with Crippen molar-refractivity contribution in [2.75, 3.05) is 7.11 Å². The molecule has 0 amide bonds. The Balaban J connectivity index is 3.09. The van der Waals surface area contributed by atoms with E-state index in [1.807, 2.05) is 25.1 Å². The molecule has 4 heteroatoms. The molecular weight excluding hydrogens is 232 g/mol. The number of esters is 2. The van der Waals surface area contributed by atoms with E-state index in [-0.39, 0.29) is 5.57 Å². The van der Waals surface area contributed by atoms with Crippen LogP contribution in [0.3, 0.4) is 0 Å². The summed E-state index contributed by atoms with van der Waals surface area (Å²) in [6, 6.07) is 7.34. The molecule has 0 aliphatic heterocycles. The van der Waals surface area contributed by atoms with Gasteiger partial charge in [0.15, 0.2) is 6.10 Å². The van der Waals surface area contributed by atoms with Crippen LogP contribution in [0, 0.1) is 6.92 Å². The van der Waals surface area contributed by atoms with E-state index in [9.17, 15) is 9.59 Å². The van der Waals surface area contributed by atoms with Crippen LogP contribution >= 0.6 is 0 Å². The van der Waals surface area contributed by atoms with Gasteiger partial charge in [-0.25, -0.2) is 4.79 Å². The molecule has 4 nitrogen and oxygen atoms in total. The van der Waals surface area contributed by atoms with Crippen LogP contribution in [0.15, 0.2) is 36.4 Å². The average Bonchev–Trinajstić information content (AvgIpc) is 2.34. The molecule has 0 heterocycles. The lowest BCUT2D eigenvalue weighted by Crippen LogP contribution is -2.17. The van der Waals surface area contributed by atoms with Gasteiger partial charge in [0.1, 0.15) is 0 Å². The van der Waals surface area contributed by atoms with Crippen molar-refractivity contribution in [2.45, 2.75) is 20.0 Å². The Bertz CT molecular complexity index is 476. The number of rotatable bonds is 4. The SMILES string of the molecule is C=C(C(=O)OC)C(OC(C)=O)c1cccc(C)c1. The lowest BCUT2D eigenvalue weighted by atomic mass is 10.0. The third kappa shape index (κ3) is 3.45. The van der Waals surface area contributed by atoms with Crippen LogP contribution in [0.4, 0.5) is 0 Å². The molecule has 0 aliphatic rings. The van der Waals surface area contributed by atoms with Gasteiger partial charge in [0.05, 0.1) is 12.7 Å². The van der Waals surface area contributed by atoms with Crippen LogP contribution in [-0.4, -0.2) is 19.0 Å². The monoisotopic (exact) mass is 248 g/mol. The van der Waals surface area contributed by atoms with Crippen molar-refractivity contribution in [3.05, 3.63) is 47.5 Å². The molecule has 1 aromatic rings. The summed E-state index contributed by atoms with van der Waals surface area (Å²) in [5.41, 5.74) is 1.79. The van der Waals surface area contributed by atoms with Gasteiger partial charge in [-0.1, -0.05) is 36.4 Å². The van der Waals surface area contributed by atoms with Gasteiger partial charge < -0.3 is 9.47 Å². The average molecular weight is 248 g/mol. The maximum Gasteiger partial charge on any atom is 0.337 e. The number of carbonyl (C=O) groups is 2. The van der Waals surface area contributed by atoms with E-state index < -0.39 is 18.0 Å². The second-order valence-corrected chi connectivity index (χ2v) is 3.92. The first-order valence-corrected chi connectivity index (χ1v) is 5.46. The molecule has 0 saturated carbocycles. The molecule has 0 aromatic heterocycles. The highest BCUT2D eigenvalue weighted by Crippen LogP contribution is 2.26. The summed E-state index contributed by atoms with van der Waals surface area (Å²) < 4.78 is 9.73. The largest absolute Gasteiger partial charge is 0.466 e. The first-order valence-electron chi connectivity index (χ1n) is 5.46. The van der Waals surface area contributed by atoms with E-state index in [1.165, 1.54) is 14.0 Å². The third-order valence-electron chi connectivity index (χ3n) is 2.39. The zero-order valence-corrected chi connectivity index (χ0v) is 10.7. The molecule has 0 bridgehead atoms. The lowest BCUT2D eigenvalue weighted by molar-refractivity contribution is -0.147. The zero-order valence-electron chi connectivity index (χ0n) is 10.7. The van der Waals surface area contributed by atoms with Crippen molar-refractivity contribution < 1.29 is 19.1 Å². The van der Waals surface area contributed by atoms with Crippen LogP contribution in [0.5, 0.6) is 0 Å². The predicted octanol–water partition coefficient (Wildman–Crippen LogP) is 2.33. The molecule has 1 unspecified atom stereocenters. The number of benzene rings is 1. The van der Waals surface area contributed by atoms with Gasteiger partial charge >= 0.3 is 11.9 Å². The number of hydrogen-bond donors (Lipinski definition) is 0. The van der Waals surface area contributed by atoms with Crippen LogP contribution in [0.1, 0.15) is 24.2 Å². The standard InChI is InChI=1S/C14H16O4/c1-9-6-5-7-12(8-9)13(18-11(3)15)10(2)14(16)17-4/h5-8,13H,2H2,1,3-4H3.